The number of likely N-dealkylation sites (tertiary alicyclic amines) is 1. The summed E-state index contributed by atoms with van der Waals surface area (Å²) in [5, 5.41) is 11.5. The summed E-state index contributed by atoms with van der Waals surface area (Å²) in [7, 11) is 2.05. The minimum atomic E-state index is -0.374. The Balaban J connectivity index is 1.84. The molecule has 1 amide bonds. The van der Waals surface area contributed by atoms with Crippen molar-refractivity contribution in [2.45, 2.75) is 19.3 Å². The Labute approximate surface area is 142 Å². The first-order valence-electron chi connectivity index (χ1n) is 8.57. The molecule has 0 saturated carbocycles. The molecule has 1 aromatic rings. The molecule has 24 heavy (non-hydrogen) atoms. The molecule has 0 aliphatic carbocycles. The molecule has 7 nitrogen and oxygen atoms in total. The normalized spacial score (nSPS) is 19.4. The van der Waals surface area contributed by atoms with Crippen molar-refractivity contribution in [3.05, 3.63) is 33.9 Å². The third kappa shape index (κ3) is 3.51. The molecule has 0 atom stereocenters. The number of nitrogens with zero attached hydrogens (tertiary/aromatic N) is 4. The van der Waals surface area contributed by atoms with Crippen molar-refractivity contribution in [1.82, 2.24) is 9.80 Å². The van der Waals surface area contributed by atoms with Gasteiger partial charge < -0.3 is 14.7 Å². The Morgan fingerprint density at radius 1 is 1.04 bits per heavy atom. The third-order valence-corrected chi connectivity index (χ3v) is 4.91. The average Bonchev–Trinajstić information content (AvgIpc) is 2.62. The molecule has 0 spiro atoms. The summed E-state index contributed by atoms with van der Waals surface area (Å²) < 4.78 is 0. The van der Waals surface area contributed by atoms with Crippen LogP contribution in [0.4, 0.5) is 11.4 Å². The van der Waals surface area contributed by atoms with Gasteiger partial charge in [0.1, 0.15) is 5.69 Å². The van der Waals surface area contributed by atoms with E-state index in [0.29, 0.717) is 11.3 Å². The Morgan fingerprint density at radius 2 is 1.71 bits per heavy atom. The number of carbonyl (C=O) groups is 1. The molecular weight excluding hydrogens is 308 g/mol. The molecule has 0 aromatic heterocycles. The lowest BCUT2D eigenvalue weighted by atomic mass is 10.1. The third-order valence-electron chi connectivity index (χ3n) is 4.91. The number of rotatable bonds is 3. The molecule has 0 unspecified atom stereocenters. The highest BCUT2D eigenvalue weighted by molar-refractivity contribution is 5.95. The Kier molecular flexibility index (Phi) is 4.99. The number of anilines is 1. The summed E-state index contributed by atoms with van der Waals surface area (Å²) in [6.07, 6.45) is 3.16. The Morgan fingerprint density at radius 3 is 2.33 bits per heavy atom. The molecule has 2 heterocycles. The van der Waals surface area contributed by atoms with E-state index in [-0.39, 0.29) is 16.5 Å². The monoisotopic (exact) mass is 332 g/mol. The Bertz CT molecular complexity index is 620. The smallest absolute Gasteiger partial charge is 0.293 e. The van der Waals surface area contributed by atoms with Crippen molar-refractivity contribution in [3.8, 4) is 0 Å². The molecule has 7 heteroatoms. The highest BCUT2D eigenvalue weighted by Crippen LogP contribution is 2.30. The van der Waals surface area contributed by atoms with Gasteiger partial charge in [0, 0.05) is 50.9 Å². The van der Waals surface area contributed by atoms with Crippen LogP contribution in [0.2, 0.25) is 0 Å². The number of amides is 1. The summed E-state index contributed by atoms with van der Waals surface area (Å²) in [6.45, 7) is 4.77. The molecule has 2 fully saturated rings. The molecule has 2 aliphatic heterocycles. The lowest BCUT2D eigenvalue weighted by Crippen LogP contribution is -2.44. The standard InChI is InChI=1S/C17H24N4O3/c1-18-9-11-19(12-10-18)15-6-5-14(13-16(15)21(23)24)17(22)20-7-3-2-4-8-20/h5-6,13H,2-4,7-12H2,1H3. The second kappa shape index (κ2) is 7.17. The van der Waals surface area contributed by atoms with Crippen LogP contribution in [0.5, 0.6) is 0 Å². The lowest BCUT2D eigenvalue weighted by Gasteiger charge is -2.33. The summed E-state index contributed by atoms with van der Waals surface area (Å²) in [4.78, 5) is 29.8. The van der Waals surface area contributed by atoms with Gasteiger partial charge in [0.15, 0.2) is 0 Å². The van der Waals surface area contributed by atoms with E-state index in [0.717, 1.165) is 58.5 Å². The molecule has 1 aromatic carbocycles. The lowest BCUT2D eigenvalue weighted by molar-refractivity contribution is -0.384. The van der Waals surface area contributed by atoms with Crippen LogP contribution in [0.25, 0.3) is 0 Å². The van der Waals surface area contributed by atoms with Crippen LogP contribution in [-0.2, 0) is 0 Å². The molecule has 2 saturated heterocycles. The van der Waals surface area contributed by atoms with Crippen LogP contribution in [0.3, 0.4) is 0 Å². The van der Waals surface area contributed by atoms with Crippen LogP contribution in [-0.4, -0.2) is 66.9 Å². The number of hydrogen-bond donors (Lipinski definition) is 0. The summed E-state index contributed by atoms with van der Waals surface area (Å²) >= 11 is 0. The molecule has 0 bridgehead atoms. The van der Waals surface area contributed by atoms with Gasteiger partial charge in [0.25, 0.3) is 11.6 Å². The van der Waals surface area contributed by atoms with E-state index >= 15 is 0 Å². The molecular formula is C17H24N4O3. The van der Waals surface area contributed by atoms with Gasteiger partial charge in [-0.25, -0.2) is 0 Å². The minimum Gasteiger partial charge on any atom is -0.363 e. The van der Waals surface area contributed by atoms with Gasteiger partial charge in [0.05, 0.1) is 4.92 Å². The second-order valence-corrected chi connectivity index (χ2v) is 6.60. The number of benzene rings is 1. The fourth-order valence-electron chi connectivity index (χ4n) is 3.40. The first-order valence-corrected chi connectivity index (χ1v) is 8.57. The van der Waals surface area contributed by atoms with Gasteiger partial charge in [-0.1, -0.05) is 0 Å². The van der Waals surface area contributed by atoms with Crippen molar-refractivity contribution in [2.75, 3.05) is 51.2 Å². The van der Waals surface area contributed by atoms with E-state index in [4.69, 9.17) is 0 Å². The highest BCUT2D eigenvalue weighted by Gasteiger charge is 2.26. The zero-order valence-electron chi connectivity index (χ0n) is 14.1. The Hall–Kier alpha value is -2.15. The first-order chi connectivity index (χ1) is 11.6. The number of carbonyl (C=O) groups excluding carboxylic acids is 1. The maximum atomic E-state index is 12.6. The van der Waals surface area contributed by atoms with Crippen LogP contribution >= 0.6 is 0 Å². The molecule has 130 valence electrons. The number of likely N-dealkylation sites (N-methyl/N-ethyl adjacent to an activating group) is 1. The number of nitro groups is 1. The van der Waals surface area contributed by atoms with E-state index < -0.39 is 0 Å². The van der Waals surface area contributed by atoms with Gasteiger partial charge in [-0.3, -0.25) is 14.9 Å². The van der Waals surface area contributed by atoms with Crippen molar-refractivity contribution in [3.63, 3.8) is 0 Å². The fourth-order valence-corrected chi connectivity index (χ4v) is 3.40. The van der Waals surface area contributed by atoms with Crippen LogP contribution in [0, 0.1) is 10.1 Å². The number of hydrogen-bond acceptors (Lipinski definition) is 5. The number of nitro benzene ring substituents is 1. The predicted octanol–water partition coefficient (Wildman–Crippen LogP) is 1.97. The summed E-state index contributed by atoms with van der Waals surface area (Å²) in [5.41, 5.74) is 1.06. The quantitative estimate of drug-likeness (QED) is 0.625. The predicted molar refractivity (Wildman–Crippen MR) is 92.6 cm³/mol. The maximum Gasteiger partial charge on any atom is 0.293 e. The number of piperidine rings is 1. The largest absolute Gasteiger partial charge is 0.363 e. The van der Waals surface area contributed by atoms with E-state index in [1.54, 1.807) is 17.0 Å². The zero-order valence-corrected chi connectivity index (χ0v) is 14.1. The van der Waals surface area contributed by atoms with Gasteiger partial charge in [-0.2, -0.15) is 0 Å². The second-order valence-electron chi connectivity index (χ2n) is 6.60. The fraction of sp³-hybridized carbons (Fsp3) is 0.588. The number of piperazine rings is 1. The van der Waals surface area contributed by atoms with Crippen molar-refractivity contribution in [1.29, 1.82) is 0 Å². The van der Waals surface area contributed by atoms with Gasteiger partial charge >= 0.3 is 0 Å². The van der Waals surface area contributed by atoms with E-state index in [1.807, 2.05) is 11.9 Å². The van der Waals surface area contributed by atoms with E-state index in [9.17, 15) is 14.9 Å². The van der Waals surface area contributed by atoms with Crippen LogP contribution in [0.15, 0.2) is 18.2 Å². The minimum absolute atomic E-state index is 0.0300. The maximum absolute atomic E-state index is 12.6. The molecule has 2 aliphatic rings. The summed E-state index contributed by atoms with van der Waals surface area (Å²) in [6, 6.07) is 4.92. The molecule has 0 radical (unpaired) electrons. The van der Waals surface area contributed by atoms with Crippen molar-refractivity contribution in [2.24, 2.45) is 0 Å². The molecule has 3 rings (SSSR count). The summed E-state index contributed by atoms with van der Waals surface area (Å²) in [5.74, 6) is -0.0947. The van der Waals surface area contributed by atoms with Gasteiger partial charge in [-0.05, 0) is 38.4 Å². The van der Waals surface area contributed by atoms with Crippen molar-refractivity contribution < 1.29 is 9.72 Å². The van der Waals surface area contributed by atoms with E-state index in [2.05, 4.69) is 4.90 Å². The van der Waals surface area contributed by atoms with Crippen molar-refractivity contribution >= 4 is 17.3 Å². The SMILES string of the molecule is CN1CCN(c2ccc(C(=O)N3CCCCC3)cc2[N+](=O)[O-])CC1. The zero-order chi connectivity index (χ0) is 17.1. The van der Waals surface area contributed by atoms with Crippen LogP contribution in [0.1, 0.15) is 29.6 Å². The van der Waals surface area contributed by atoms with Crippen LogP contribution < -0.4 is 4.90 Å². The van der Waals surface area contributed by atoms with Gasteiger partial charge in [-0.15, -0.1) is 0 Å². The topological polar surface area (TPSA) is 69.9 Å². The highest BCUT2D eigenvalue weighted by atomic mass is 16.6. The van der Waals surface area contributed by atoms with E-state index in [1.165, 1.54) is 6.07 Å². The first kappa shape index (κ1) is 16.7. The van der Waals surface area contributed by atoms with Gasteiger partial charge in [0.2, 0.25) is 0 Å². The molecule has 0 N–H and O–H groups in total. The average molecular weight is 332 g/mol.